The van der Waals surface area contributed by atoms with Crippen LogP contribution in [0.25, 0.3) is 0 Å². The van der Waals surface area contributed by atoms with Gasteiger partial charge in [-0.15, -0.1) is 0 Å². The molecule has 0 bridgehead atoms. The van der Waals surface area contributed by atoms with E-state index >= 15 is 0 Å². The fraction of sp³-hybridized carbons (Fsp3) is 0.200. The van der Waals surface area contributed by atoms with Crippen molar-refractivity contribution >= 4 is 27.1 Å². The molecular weight excluding hydrogens is 310 g/mol. The number of benzene rings is 2. The number of anilines is 1. The number of halogens is 1. The molecular formula is C15H14ClNO3S. The van der Waals surface area contributed by atoms with Crippen molar-refractivity contribution < 1.29 is 13.2 Å². The molecule has 1 aliphatic rings. The quantitative estimate of drug-likeness (QED) is 0.921. The summed E-state index contributed by atoms with van der Waals surface area (Å²) in [6.07, 6.45) is 1.02. The van der Waals surface area contributed by atoms with E-state index in [0.29, 0.717) is 22.2 Å². The molecule has 0 fully saturated rings. The first-order chi connectivity index (χ1) is 9.93. The molecule has 1 atom stereocenters. The minimum Gasteiger partial charge on any atom is -0.482 e. The Kier molecular flexibility index (Phi) is 3.55. The van der Waals surface area contributed by atoms with E-state index < -0.39 is 9.84 Å². The maximum absolute atomic E-state index is 11.5. The SMILES string of the molecule is CS(=O)(=O)c1ccc(C2CNc3ccc(Cl)cc3O2)cc1. The van der Waals surface area contributed by atoms with Gasteiger partial charge < -0.3 is 10.1 Å². The standard InChI is InChI=1S/C15H14ClNO3S/c1-21(18,19)12-5-2-10(3-6-12)15-9-17-13-7-4-11(16)8-14(13)20-15/h2-8,15,17H,9H2,1H3. The van der Waals surface area contributed by atoms with Gasteiger partial charge in [-0.1, -0.05) is 23.7 Å². The number of fused-ring (bicyclic) bond motifs is 1. The van der Waals surface area contributed by atoms with E-state index in [9.17, 15) is 8.42 Å². The van der Waals surface area contributed by atoms with Crippen LogP contribution in [0, 0.1) is 0 Å². The Labute approximate surface area is 128 Å². The van der Waals surface area contributed by atoms with E-state index in [2.05, 4.69) is 5.32 Å². The molecule has 1 unspecified atom stereocenters. The monoisotopic (exact) mass is 323 g/mol. The Balaban J connectivity index is 1.86. The third-order valence-corrected chi connectivity index (χ3v) is 4.73. The van der Waals surface area contributed by atoms with Crippen molar-refractivity contribution in [1.82, 2.24) is 0 Å². The number of nitrogens with one attached hydrogen (secondary N) is 1. The molecule has 3 rings (SSSR count). The van der Waals surface area contributed by atoms with Gasteiger partial charge in [0.15, 0.2) is 9.84 Å². The maximum atomic E-state index is 11.5. The van der Waals surface area contributed by atoms with Gasteiger partial charge in [0.25, 0.3) is 0 Å². The number of hydrogen-bond donors (Lipinski definition) is 1. The molecule has 2 aromatic rings. The van der Waals surface area contributed by atoms with E-state index in [1.165, 1.54) is 6.26 Å². The number of ether oxygens (including phenoxy) is 1. The molecule has 2 aromatic carbocycles. The summed E-state index contributed by atoms with van der Waals surface area (Å²) < 4.78 is 28.9. The third-order valence-electron chi connectivity index (χ3n) is 3.37. The van der Waals surface area contributed by atoms with Gasteiger partial charge in [-0.25, -0.2) is 8.42 Å². The molecule has 0 saturated carbocycles. The molecule has 0 aliphatic carbocycles. The normalized spacial score (nSPS) is 17.5. The Morgan fingerprint density at radius 2 is 1.90 bits per heavy atom. The van der Waals surface area contributed by atoms with Crippen LogP contribution in [0.5, 0.6) is 5.75 Å². The molecule has 0 amide bonds. The minimum absolute atomic E-state index is 0.176. The Hall–Kier alpha value is -1.72. The van der Waals surface area contributed by atoms with Crippen molar-refractivity contribution in [3.05, 3.63) is 53.1 Å². The summed E-state index contributed by atoms with van der Waals surface area (Å²) in [4.78, 5) is 0.304. The molecule has 6 heteroatoms. The zero-order chi connectivity index (χ0) is 15.0. The Bertz CT molecular complexity index is 772. The highest BCUT2D eigenvalue weighted by molar-refractivity contribution is 7.90. The number of hydrogen-bond acceptors (Lipinski definition) is 4. The first kappa shape index (κ1) is 14.2. The van der Waals surface area contributed by atoms with Crippen molar-refractivity contribution in [1.29, 1.82) is 0 Å². The summed E-state index contributed by atoms with van der Waals surface area (Å²) in [5, 5.41) is 3.90. The minimum atomic E-state index is -3.18. The van der Waals surface area contributed by atoms with Crippen LogP contribution in [0.1, 0.15) is 11.7 Å². The first-order valence-electron chi connectivity index (χ1n) is 6.43. The lowest BCUT2D eigenvalue weighted by Gasteiger charge is -2.27. The second-order valence-corrected chi connectivity index (χ2v) is 7.42. The van der Waals surface area contributed by atoms with Crippen molar-refractivity contribution in [2.24, 2.45) is 0 Å². The fourth-order valence-electron chi connectivity index (χ4n) is 2.25. The van der Waals surface area contributed by atoms with E-state index in [1.54, 1.807) is 36.4 Å². The number of rotatable bonds is 2. The molecule has 21 heavy (non-hydrogen) atoms. The third kappa shape index (κ3) is 2.99. The smallest absolute Gasteiger partial charge is 0.175 e. The van der Waals surface area contributed by atoms with Crippen LogP contribution in [-0.2, 0) is 9.84 Å². The van der Waals surface area contributed by atoms with Crippen molar-refractivity contribution in [3.63, 3.8) is 0 Å². The summed E-state index contributed by atoms with van der Waals surface area (Å²) >= 11 is 5.97. The lowest BCUT2D eigenvalue weighted by molar-refractivity contribution is 0.210. The van der Waals surface area contributed by atoms with E-state index in [0.717, 1.165) is 11.3 Å². The van der Waals surface area contributed by atoms with Gasteiger partial charge in [0.2, 0.25) is 0 Å². The van der Waals surface area contributed by atoms with Crippen molar-refractivity contribution in [3.8, 4) is 5.75 Å². The largest absolute Gasteiger partial charge is 0.482 e. The lowest BCUT2D eigenvalue weighted by atomic mass is 10.1. The summed E-state index contributed by atoms with van der Waals surface area (Å²) in [7, 11) is -3.18. The van der Waals surface area contributed by atoms with Gasteiger partial charge in [-0.3, -0.25) is 0 Å². The molecule has 1 aliphatic heterocycles. The zero-order valence-corrected chi connectivity index (χ0v) is 12.9. The fourth-order valence-corrected chi connectivity index (χ4v) is 3.05. The van der Waals surface area contributed by atoms with Gasteiger partial charge in [0, 0.05) is 17.3 Å². The van der Waals surface area contributed by atoms with Crippen LogP contribution < -0.4 is 10.1 Å². The predicted octanol–water partition coefficient (Wildman–Crippen LogP) is 3.29. The van der Waals surface area contributed by atoms with E-state index in [-0.39, 0.29) is 6.10 Å². The highest BCUT2D eigenvalue weighted by Crippen LogP contribution is 2.36. The second-order valence-electron chi connectivity index (χ2n) is 4.97. The number of sulfone groups is 1. The Morgan fingerprint density at radius 3 is 2.57 bits per heavy atom. The average molecular weight is 324 g/mol. The van der Waals surface area contributed by atoms with E-state index in [1.807, 2.05) is 6.07 Å². The van der Waals surface area contributed by atoms with Gasteiger partial charge >= 0.3 is 0 Å². The second kappa shape index (κ2) is 5.24. The van der Waals surface area contributed by atoms with Gasteiger partial charge in [-0.2, -0.15) is 0 Å². The molecule has 0 radical (unpaired) electrons. The highest BCUT2D eigenvalue weighted by Gasteiger charge is 2.21. The molecule has 0 spiro atoms. The topological polar surface area (TPSA) is 55.4 Å². The molecule has 0 aromatic heterocycles. The van der Waals surface area contributed by atoms with Crippen LogP contribution in [0.2, 0.25) is 5.02 Å². The summed E-state index contributed by atoms with van der Waals surface area (Å²) in [6, 6.07) is 12.2. The van der Waals surface area contributed by atoms with Gasteiger partial charge in [-0.05, 0) is 29.8 Å². The first-order valence-corrected chi connectivity index (χ1v) is 8.70. The zero-order valence-electron chi connectivity index (χ0n) is 11.3. The molecule has 110 valence electrons. The van der Waals surface area contributed by atoms with Crippen LogP contribution >= 0.6 is 11.6 Å². The van der Waals surface area contributed by atoms with Gasteiger partial charge in [0.1, 0.15) is 11.9 Å². The van der Waals surface area contributed by atoms with Crippen LogP contribution in [0.3, 0.4) is 0 Å². The van der Waals surface area contributed by atoms with Crippen LogP contribution in [-0.4, -0.2) is 21.2 Å². The van der Waals surface area contributed by atoms with Crippen LogP contribution in [0.4, 0.5) is 5.69 Å². The molecule has 1 heterocycles. The molecule has 4 nitrogen and oxygen atoms in total. The maximum Gasteiger partial charge on any atom is 0.175 e. The predicted molar refractivity (Wildman–Crippen MR) is 82.9 cm³/mol. The van der Waals surface area contributed by atoms with Crippen LogP contribution in [0.15, 0.2) is 47.4 Å². The average Bonchev–Trinajstić information content (AvgIpc) is 2.45. The summed E-state index contributed by atoms with van der Waals surface area (Å²) in [5.41, 5.74) is 1.82. The highest BCUT2D eigenvalue weighted by atomic mass is 35.5. The van der Waals surface area contributed by atoms with E-state index in [4.69, 9.17) is 16.3 Å². The molecule has 1 N–H and O–H groups in total. The summed E-state index contributed by atoms with van der Waals surface area (Å²) in [5.74, 6) is 0.700. The lowest BCUT2D eigenvalue weighted by Crippen LogP contribution is -2.23. The molecule has 0 saturated heterocycles. The summed E-state index contributed by atoms with van der Waals surface area (Å²) in [6.45, 7) is 0.618. The van der Waals surface area contributed by atoms with Crippen molar-refractivity contribution in [2.75, 3.05) is 18.1 Å². The van der Waals surface area contributed by atoms with Gasteiger partial charge in [0.05, 0.1) is 17.1 Å². The van der Waals surface area contributed by atoms with Crippen molar-refractivity contribution in [2.45, 2.75) is 11.0 Å². The Morgan fingerprint density at radius 1 is 1.19 bits per heavy atom.